The number of hydrogen-bond acceptors (Lipinski definition) is 3. The van der Waals surface area contributed by atoms with Gasteiger partial charge in [-0.25, -0.2) is 0 Å². The molecule has 5 nitrogen and oxygen atoms in total. The highest BCUT2D eigenvalue weighted by atomic mass is 16.5. The second-order valence-electron chi connectivity index (χ2n) is 6.88. The summed E-state index contributed by atoms with van der Waals surface area (Å²) in [5, 5.41) is 0.580. The lowest BCUT2D eigenvalue weighted by Crippen LogP contribution is -2.49. The highest BCUT2D eigenvalue weighted by Crippen LogP contribution is 2.28. The molecule has 0 spiro atoms. The van der Waals surface area contributed by atoms with Crippen molar-refractivity contribution in [2.24, 2.45) is 5.92 Å². The first-order valence-electron chi connectivity index (χ1n) is 8.67. The lowest BCUT2D eigenvalue weighted by molar-refractivity contribution is -0.0607. The van der Waals surface area contributed by atoms with Gasteiger partial charge in [-0.15, -0.1) is 0 Å². The van der Waals surface area contributed by atoms with Crippen molar-refractivity contribution in [2.75, 3.05) is 19.7 Å². The van der Waals surface area contributed by atoms with E-state index in [0.29, 0.717) is 24.4 Å². The van der Waals surface area contributed by atoms with Crippen molar-refractivity contribution in [3.8, 4) is 0 Å². The third-order valence-electron chi connectivity index (χ3n) is 5.36. The standard InChI is InChI=1S/C19H22N2O3/c1-12-4-2-6-14-17(12)20-10-15(18(14)22)19(23)21-8-7-16-13(11-21)5-3-9-24-16/h2,4,6,10,13,16H,3,5,7-9,11H2,1H3,(H,20,22)/t13-,16+/m0/s1. The van der Waals surface area contributed by atoms with Gasteiger partial charge in [0.05, 0.1) is 11.6 Å². The zero-order chi connectivity index (χ0) is 16.7. The Morgan fingerprint density at radius 2 is 2.21 bits per heavy atom. The Balaban J connectivity index is 1.64. The van der Waals surface area contributed by atoms with Crippen LogP contribution in [0.5, 0.6) is 0 Å². The van der Waals surface area contributed by atoms with Crippen LogP contribution in [0.1, 0.15) is 35.2 Å². The van der Waals surface area contributed by atoms with Gasteiger partial charge in [0.25, 0.3) is 5.91 Å². The number of rotatable bonds is 1. The molecule has 1 aromatic heterocycles. The summed E-state index contributed by atoms with van der Waals surface area (Å²) in [4.78, 5) is 30.6. The van der Waals surface area contributed by atoms with Gasteiger partial charge < -0.3 is 14.6 Å². The molecule has 2 atom stereocenters. The zero-order valence-corrected chi connectivity index (χ0v) is 13.9. The molecule has 2 fully saturated rings. The van der Waals surface area contributed by atoms with Crippen LogP contribution in [0.2, 0.25) is 0 Å². The van der Waals surface area contributed by atoms with Crippen LogP contribution >= 0.6 is 0 Å². The molecule has 0 bridgehead atoms. The van der Waals surface area contributed by atoms with E-state index in [0.717, 1.165) is 36.9 Å². The molecule has 2 aliphatic heterocycles. The average Bonchev–Trinajstić information content (AvgIpc) is 2.62. The molecule has 0 saturated carbocycles. The van der Waals surface area contributed by atoms with Crippen molar-refractivity contribution >= 4 is 16.8 Å². The van der Waals surface area contributed by atoms with E-state index in [1.54, 1.807) is 12.3 Å². The summed E-state index contributed by atoms with van der Waals surface area (Å²) in [5.74, 6) is 0.238. The minimum Gasteiger partial charge on any atom is -0.378 e. The van der Waals surface area contributed by atoms with Crippen molar-refractivity contribution in [3.05, 3.63) is 45.7 Å². The van der Waals surface area contributed by atoms with Crippen LogP contribution in [-0.4, -0.2) is 41.6 Å². The number of hydrogen-bond donors (Lipinski definition) is 1. The maximum atomic E-state index is 12.9. The van der Waals surface area contributed by atoms with Crippen LogP contribution in [-0.2, 0) is 4.74 Å². The number of nitrogens with one attached hydrogen (secondary N) is 1. The predicted octanol–water partition coefficient (Wildman–Crippen LogP) is 2.48. The van der Waals surface area contributed by atoms with Gasteiger partial charge in [0.1, 0.15) is 5.56 Å². The number of fused-ring (bicyclic) bond motifs is 2. The number of pyridine rings is 1. The third-order valence-corrected chi connectivity index (χ3v) is 5.36. The summed E-state index contributed by atoms with van der Waals surface area (Å²) < 4.78 is 5.80. The summed E-state index contributed by atoms with van der Waals surface area (Å²) in [6.07, 6.45) is 4.87. The number of aromatic amines is 1. The summed E-state index contributed by atoms with van der Waals surface area (Å²) in [6, 6.07) is 5.58. The number of ether oxygens (including phenoxy) is 1. The number of H-pyrrole nitrogens is 1. The summed E-state index contributed by atoms with van der Waals surface area (Å²) in [6.45, 7) is 4.13. The van der Waals surface area contributed by atoms with Crippen molar-refractivity contribution in [2.45, 2.75) is 32.3 Å². The fourth-order valence-corrected chi connectivity index (χ4v) is 4.00. The Bertz CT molecular complexity index is 842. The molecule has 2 aliphatic rings. The van der Waals surface area contributed by atoms with Gasteiger partial charge in [0.2, 0.25) is 5.43 Å². The predicted molar refractivity (Wildman–Crippen MR) is 92.3 cm³/mol. The Kier molecular flexibility index (Phi) is 3.88. The number of aryl methyl sites for hydroxylation is 1. The molecule has 2 aromatic rings. The van der Waals surface area contributed by atoms with Crippen LogP contribution in [0, 0.1) is 12.8 Å². The van der Waals surface area contributed by atoms with Crippen LogP contribution in [0.25, 0.3) is 10.9 Å². The normalized spacial score (nSPS) is 24.0. The first-order chi connectivity index (χ1) is 11.6. The van der Waals surface area contributed by atoms with Crippen molar-refractivity contribution in [3.63, 3.8) is 0 Å². The monoisotopic (exact) mass is 326 g/mol. The van der Waals surface area contributed by atoms with E-state index in [9.17, 15) is 9.59 Å². The second-order valence-corrected chi connectivity index (χ2v) is 6.88. The number of aromatic nitrogens is 1. The largest absolute Gasteiger partial charge is 0.378 e. The molecular weight excluding hydrogens is 304 g/mol. The molecular formula is C19H22N2O3. The zero-order valence-electron chi connectivity index (χ0n) is 13.9. The fraction of sp³-hybridized carbons (Fsp3) is 0.474. The maximum absolute atomic E-state index is 12.9. The molecule has 0 unspecified atom stereocenters. The number of benzene rings is 1. The minimum absolute atomic E-state index is 0.163. The number of amides is 1. The Morgan fingerprint density at radius 3 is 3.08 bits per heavy atom. The smallest absolute Gasteiger partial charge is 0.259 e. The second kappa shape index (κ2) is 6.06. The van der Waals surface area contributed by atoms with Crippen molar-refractivity contribution in [1.29, 1.82) is 0 Å². The topological polar surface area (TPSA) is 62.4 Å². The van der Waals surface area contributed by atoms with Gasteiger partial charge in [-0.05, 0) is 37.8 Å². The summed E-state index contributed by atoms with van der Waals surface area (Å²) in [5.41, 5.74) is 1.87. The lowest BCUT2D eigenvalue weighted by Gasteiger charge is -2.40. The van der Waals surface area contributed by atoms with E-state index in [4.69, 9.17) is 4.74 Å². The van der Waals surface area contributed by atoms with Crippen LogP contribution < -0.4 is 5.43 Å². The number of carbonyl (C=O) groups excluding carboxylic acids is 1. The van der Waals surface area contributed by atoms with Crippen molar-refractivity contribution in [1.82, 2.24) is 9.88 Å². The first kappa shape index (κ1) is 15.4. The average molecular weight is 326 g/mol. The van der Waals surface area contributed by atoms with E-state index in [-0.39, 0.29) is 23.0 Å². The summed E-state index contributed by atoms with van der Waals surface area (Å²) >= 11 is 0. The van der Waals surface area contributed by atoms with Gasteiger partial charge in [-0.3, -0.25) is 9.59 Å². The molecule has 24 heavy (non-hydrogen) atoms. The van der Waals surface area contributed by atoms with Gasteiger partial charge in [0.15, 0.2) is 0 Å². The van der Waals surface area contributed by atoms with Gasteiger partial charge in [0, 0.05) is 37.2 Å². The molecule has 3 heterocycles. The Labute approximate surface area is 140 Å². The quantitative estimate of drug-likeness (QED) is 0.876. The van der Waals surface area contributed by atoms with Crippen LogP contribution in [0.3, 0.4) is 0 Å². The number of carbonyl (C=O) groups is 1. The van der Waals surface area contributed by atoms with E-state index >= 15 is 0 Å². The maximum Gasteiger partial charge on any atom is 0.259 e. The van der Waals surface area contributed by atoms with E-state index < -0.39 is 0 Å². The molecule has 2 saturated heterocycles. The molecule has 0 aliphatic carbocycles. The third kappa shape index (κ3) is 2.53. The molecule has 1 aromatic carbocycles. The molecule has 4 rings (SSSR count). The van der Waals surface area contributed by atoms with Crippen LogP contribution in [0.15, 0.2) is 29.2 Å². The molecule has 1 N–H and O–H groups in total. The highest BCUT2D eigenvalue weighted by Gasteiger charge is 2.34. The molecule has 5 heteroatoms. The van der Waals surface area contributed by atoms with E-state index in [2.05, 4.69) is 4.98 Å². The van der Waals surface area contributed by atoms with Gasteiger partial charge in [-0.2, -0.15) is 0 Å². The Hall–Kier alpha value is -2.14. The number of piperidine rings is 1. The minimum atomic E-state index is -0.181. The van der Waals surface area contributed by atoms with E-state index in [1.807, 2.05) is 24.0 Å². The lowest BCUT2D eigenvalue weighted by atomic mass is 9.88. The molecule has 1 amide bonds. The van der Waals surface area contributed by atoms with Gasteiger partial charge in [-0.1, -0.05) is 12.1 Å². The highest BCUT2D eigenvalue weighted by molar-refractivity contribution is 5.97. The number of likely N-dealkylation sites (tertiary alicyclic amines) is 1. The van der Waals surface area contributed by atoms with E-state index in [1.165, 1.54) is 0 Å². The van der Waals surface area contributed by atoms with Crippen molar-refractivity contribution < 1.29 is 9.53 Å². The number of para-hydroxylation sites is 1. The Morgan fingerprint density at radius 1 is 1.33 bits per heavy atom. The van der Waals surface area contributed by atoms with Gasteiger partial charge >= 0.3 is 0 Å². The molecule has 126 valence electrons. The molecule has 0 radical (unpaired) electrons. The van der Waals surface area contributed by atoms with Crippen LogP contribution in [0.4, 0.5) is 0 Å². The number of nitrogens with zero attached hydrogens (tertiary/aromatic N) is 1. The summed E-state index contributed by atoms with van der Waals surface area (Å²) in [7, 11) is 0. The fourth-order valence-electron chi connectivity index (χ4n) is 4.00. The first-order valence-corrected chi connectivity index (χ1v) is 8.67. The SMILES string of the molecule is Cc1cccc2c(=O)c(C(=O)N3CC[C@H]4OCCC[C@H]4C3)c[nH]c12.